The van der Waals surface area contributed by atoms with Gasteiger partial charge in [0.25, 0.3) is 0 Å². The molecule has 2 fully saturated rings. The van der Waals surface area contributed by atoms with E-state index in [0.717, 1.165) is 37.3 Å². The number of fused-ring (bicyclic) bond motifs is 1. The van der Waals surface area contributed by atoms with E-state index in [4.69, 9.17) is 23.4 Å². The van der Waals surface area contributed by atoms with Crippen LogP contribution in [-0.2, 0) is 9.47 Å². The summed E-state index contributed by atoms with van der Waals surface area (Å²) in [5.41, 5.74) is -0.962. The SMILES string of the molecule is C[C@@H](O)[C@@H](O)[C@H](O)[C@@H](O)[C@H]1OC(Oc2cc(OC3O[C@H](CO)[C@@H](O)[C@H](O)[C@H]3O)c3c(=O)cc(-c4ccc(O)c(O)c4)oc3c2)[C@H](O)[C@@H](O)[C@@H]1O. The number of hydrogen-bond acceptors (Lipinski definition) is 19. The Balaban J connectivity index is 1.56. The predicted molar refractivity (Wildman–Crippen MR) is 163 cm³/mol. The van der Waals surface area contributed by atoms with Crippen molar-refractivity contribution in [3.63, 3.8) is 0 Å². The molecule has 2 aliphatic rings. The highest BCUT2D eigenvalue weighted by atomic mass is 16.7. The summed E-state index contributed by atoms with van der Waals surface area (Å²) in [7, 11) is 0. The Morgan fingerprint density at radius 1 is 0.740 bits per heavy atom. The van der Waals surface area contributed by atoms with Crippen LogP contribution >= 0.6 is 0 Å². The van der Waals surface area contributed by atoms with Crippen LogP contribution in [0, 0.1) is 0 Å². The number of phenolic OH excluding ortho intramolecular Hbond substituents is 2. The number of aliphatic hydroxyl groups is 11. The summed E-state index contributed by atoms with van der Waals surface area (Å²) in [6, 6.07) is 6.64. The third kappa shape index (κ3) is 7.22. The molecule has 0 saturated carbocycles. The molecule has 2 unspecified atom stereocenters. The van der Waals surface area contributed by atoms with Gasteiger partial charge in [-0.25, -0.2) is 0 Å². The third-order valence-electron chi connectivity index (χ3n) is 8.51. The number of rotatable bonds is 10. The number of aromatic hydroxyl groups is 2. The number of hydrogen-bond donors (Lipinski definition) is 13. The van der Waals surface area contributed by atoms with Crippen LogP contribution in [0.3, 0.4) is 0 Å². The molecule has 2 saturated heterocycles. The standard InChI is InChI=1S/C31H38O19/c1-9(33)20(37)22(39)25(42)29-26(43)24(41)28(45)30(50-29)46-11-5-16-19(14(36)7-15(47-16)10-2-3-12(34)13(35)4-10)17(6-11)48-31-27(44)23(40)21(38)18(8-32)49-31/h2-7,9,18,20-35,37-45H,8H2,1H3/t9-,18-,20-,21-,22+,23+,24+,25-,26+,27-,28-,29-,30?,31?/m1/s1. The Labute approximate surface area is 281 Å². The van der Waals surface area contributed by atoms with E-state index in [1.54, 1.807) is 0 Å². The molecule has 19 nitrogen and oxygen atoms in total. The van der Waals surface area contributed by atoms with E-state index in [0.29, 0.717) is 0 Å². The Morgan fingerprint density at radius 2 is 1.38 bits per heavy atom. The lowest BCUT2D eigenvalue weighted by molar-refractivity contribution is -0.298. The van der Waals surface area contributed by atoms with Crippen molar-refractivity contribution in [1.82, 2.24) is 0 Å². The fraction of sp³-hybridized carbons (Fsp3) is 0.516. The molecule has 19 heteroatoms. The molecule has 3 heterocycles. The maximum atomic E-state index is 13.5. The van der Waals surface area contributed by atoms with Crippen molar-refractivity contribution in [2.45, 2.75) is 92.8 Å². The summed E-state index contributed by atoms with van der Waals surface area (Å²) >= 11 is 0. The van der Waals surface area contributed by atoms with Gasteiger partial charge in [0, 0.05) is 23.8 Å². The lowest BCUT2D eigenvalue weighted by Crippen LogP contribution is -2.64. The quantitative estimate of drug-likeness (QED) is 0.0883. The molecular formula is C31H38O19. The molecule has 3 aromatic rings. The highest BCUT2D eigenvalue weighted by Gasteiger charge is 2.50. The summed E-state index contributed by atoms with van der Waals surface area (Å²) in [6.45, 7) is 0.307. The van der Waals surface area contributed by atoms with Crippen LogP contribution in [0.4, 0.5) is 0 Å². The summed E-state index contributed by atoms with van der Waals surface area (Å²) in [6.07, 6.45) is -26.5. The lowest BCUT2D eigenvalue weighted by Gasteiger charge is -2.43. The topological polar surface area (TPSA) is 330 Å². The molecule has 1 aromatic heterocycles. The minimum absolute atomic E-state index is 0.125. The zero-order chi connectivity index (χ0) is 36.8. The van der Waals surface area contributed by atoms with Gasteiger partial charge in [-0.2, -0.15) is 0 Å². The third-order valence-corrected chi connectivity index (χ3v) is 8.51. The van der Waals surface area contributed by atoms with E-state index in [2.05, 4.69) is 0 Å². The first-order valence-electron chi connectivity index (χ1n) is 15.2. The Bertz CT molecular complexity index is 1690. The van der Waals surface area contributed by atoms with Gasteiger partial charge in [-0.05, 0) is 25.1 Å². The molecule has 14 atom stereocenters. The maximum absolute atomic E-state index is 13.5. The van der Waals surface area contributed by atoms with Crippen molar-refractivity contribution in [1.29, 1.82) is 0 Å². The van der Waals surface area contributed by atoms with Gasteiger partial charge in [-0.15, -0.1) is 0 Å². The number of phenols is 2. The molecular weight excluding hydrogens is 676 g/mol. The van der Waals surface area contributed by atoms with Crippen LogP contribution in [0.25, 0.3) is 22.3 Å². The van der Waals surface area contributed by atoms with Gasteiger partial charge in [0.15, 0.2) is 16.9 Å². The van der Waals surface area contributed by atoms with Gasteiger partial charge in [-0.3, -0.25) is 4.79 Å². The molecule has 50 heavy (non-hydrogen) atoms. The van der Waals surface area contributed by atoms with Crippen molar-refractivity contribution in [3.05, 3.63) is 46.6 Å². The van der Waals surface area contributed by atoms with Gasteiger partial charge in [0.05, 0.1) is 12.7 Å². The van der Waals surface area contributed by atoms with Crippen LogP contribution in [0.2, 0.25) is 0 Å². The zero-order valence-electron chi connectivity index (χ0n) is 26.0. The monoisotopic (exact) mass is 714 g/mol. The minimum atomic E-state index is -2.15. The number of benzene rings is 2. The molecule has 0 aliphatic carbocycles. The first-order chi connectivity index (χ1) is 23.5. The second-order valence-corrected chi connectivity index (χ2v) is 12.1. The summed E-state index contributed by atoms with van der Waals surface area (Å²) < 4.78 is 28.2. The van der Waals surface area contributed by atoms with E-state index in [9.17, 15) is 71.2 Å². The van der Waals surface area contributed by atoms with Gasteiger partial charge in [0.2, 0.25) is 12.6 Å². The fourth-order valence-electron chi connectivity index (χ4n) is 5.57. The Kier molecular flexibility index (Phi) is 11.2. The smallest absolute Gasteiger partial charge is 0.229 e. The van der Waals surface area contributed by atoms with E-state index < -0.39 is 115 Å². The van der Waals surface area contributed by atoms with Crippen LogP contribution in [0.1, 0.15) is 6.92 Å². The first kappa shape index (κ1) is 37.6. The molecule has 13 N–H and O–H groups in total. The van der Waals surface area contributed by atoms with E-state index in [1.165, 1.54) is 6.07 Å². The highest BCUT2D eigenvalue weighted by molar-refractivity contribution is 5.86. The second-order valence-electron chi connectivity index (χ2n) is 12.1. The zero-order valence-corrected chi connectivity index (χ0v) is 26.0. The molecule has 0 radical (unpaired) electrons. The van der Waals surface area contributed by atoms with Crippen LogP contribution in [-0.4, -0.2) is 159 Å². The summed E-state index contributed by atoms with van der Waals surface area (Å²) in [5, 5.41) is 132. The predicted octanol–water partition coefficient (Wildman–Crippen LogP) is -4.30. The van der Waals surface area contributed by atoms with Crippen molar-refractivity contribution < 1.29 is 89.7 Å². The normalized spacial score (nSPS) is 32.6. The average molecular weight is 715 g/mol. The first-order valence-corrected chi connectivity index (χ1v) is 15.2. The number of ether oxygens (including phenoxy) is 4. The van der Waals surface area contributed by atoms with Crippen LogP contribution in [0.15, 0.2) is 45.6 Å². The van der Waals surface area contributed by atoms with Crippen molar-refractivity contribution >= 4 is 11.0 Å². The molecule has 0 spiro atoms. The van der Waals surface area contributed by atoms with E-state index in [-0.39, 0.29) is 28.0 Å². The summed E-state index contributed by atoms with van der Waals surface area (Å²) in [4.78, 5) is 13.5. The number of aliphatic hydroxyl groups excluding tert-OH is 11. The largest absolute Gasteiger partial charge is 0.504 e. The molecule has 2 aromatic carbocycles. The second kappa shape index (κ2) is 14.9. The highest BCUT2D eigenvalue weighted by Crippen LogP contribution is 2.37. The van der Waals surface area contributed by atoms with Crippen molar-refractivity contribution in [2.75, 3.05) is 6.61 Å². The molecule has 0 amide bonds. The molecule has 276 valence electrons. The molecule has 5 rings (SSSR count). The van der Waals surface area contributed by atoms with Crippen LogP contribution < -0.4 is 14.9 Å². The summed E-state index contributed by atoms with van der Waals surface area (Å²) in [5.74, 6) is -1.96. The minimum Gasteiger partial charge on any atom is -0.504 e. The fourth-order valence-corrected chi connectivity index (χ4v) is 5.57. The molecule has 2 aliphatic heterocycles. The Morgan fingerprint density at radius 3 is 2.00 bits per heavy atom. The molecule has 0 bridgehead atoms. The van der Waals surface area contributed by atoms with Crippen molar-refractivity contribution in [3.8, 4) is 34.3 Å². The van der Waals surface area contributed by atoms with Gasteiger partial charge >= 0.3 is 0 Å². The van der Waals surface area contributed by atoms with E-state index in [1.807, 2.05) is 0 Å². The van der Waals surface area contributed by atoms with E-state index >= 15 is 0 Å². The van der Waals surface area contributed by atoms with Gasteiger partial charge in [-0.1, -0.05) is 0 Å². The van der Waals surface area contributed by atoms with Crippen LogP contribution in [0.5, 0.6) is 23.0 Å². The van der Waals surface area contributed by atoms with Gasteiger partial charge in [0.1, 0.15) is 95.4 Å². The van der Waals surface area contributed by atoms with Crippen molar-refractivity contribution in [2.24, 2.45) is 0 Å². The average Bonchev–Trinajstić information content (AvgIpc) is 3.08. The lowest BCUT2D eigenvalue weighted by atomic mass is 9.90. The maximum Gasteiger partial charge on any atom is 0.229 e. The van der Waals surface area contributed by atoms with Gasteiger partial charge < -0.3 is 89.7 Å². The Hall–Kier alpha value is -3.67.